The lowest BCUT2D eigenvalue weighted by atomic mass is 10.1. The van der Waals surface area contributed by atoms with Crippen LogP contribution in [0.25, 0.3) is 10.9 Å². The van der Waals surface area contributed by atoms with E-state index in [1.54, 1.807) is 6.07 Å². The predicted molar refractivity (Wildman–Crippen MR) is 134 cm³/mol. The molecule has 35 heavy (non-hydrogen) atoms. The van der Waals surface area contributed by atoms with Gasteiger partial charge in [0.2, 0.25) is 5.91 Å². The highest BCUT2D eigenvalue weighted by atomic mass is 16.5. The third kappa shape index (κ3) is 7.08. The highest BCUT2D eigenvalue weighted by molar-refractivity contribution is 6.04. The molecule has 2 aromatic carbocycles. The summed E-state index contributed by atoms with van der Waals surface area (Å²) in [6, 6.07) is 15.5. The Bertz CT molecular complexity index is 1180. The van der Waals surface area contributed by atoms with Crippen molar-refractivity contribution in [1.82, 2.24) is 14.9 Å². The van der Waals surface area contributed by atoms with Crippen LogP contribution in [0.2, 0.25) is 0 Å². The van der Waals surface area contributed by atoms with Crippen LogP contribution in [-0.4, -0.2) is 66.2 Å². The molecule has 1 aliphatic rings. The Labute approximate surface area is 204 Å². The first-order valence-electron chi connectivity index (χ1n) is 11.6. The van der Waals surface area contributed by atoms with Gasteiger partial charge in [-0.05, 0) is 30.7 Å². The third-order valence-corrected chi connectivity index (χ3v) is 5.68. The molecule has 1 unspecified atom stereocenters. The molecule has 9 nitrogen and oxygen atoms in total. The van der Waals surface area contributed by atoms with Gasteiger partial charge < -0.3 is 20.1 Å². The Morgan fingerprint density at radius 2 is 1.91 bits per heavy atom. The average Bonchev–Trinajstić information content (AvgIpc) is 2.89. The maximum absolute atomic E-state index is 12.3. The number of hydrogen-bond acceptors (Lipinski definition) is 8. The molecule has 182 valence electrons. The zero-order chi connectivity index (χ0) is 24.5. The van der Waals surface area contributed by atoms with Gasteiger partial charge in [0.1, 0.15) is 18.8 Å². The van der Waals surface area contributed by atoms with Crippen LogP contribution in [-0.2, 0) is 19.1 Å². The first-order valence-corrected chi connectivity index (χ1v) is 11.6. The summed E-state index contributed by atoms with van der Waals surface area (Å²) in [5, 5.41) is 6.96. The van der Waals surface area contributed by atoms with E-state index in [0.29, 0.717) is 31.3 Å². The Balaban J connectivity index is 1.34. The van der Waals surface area contributed by atoms with Crippen molar-refractivity contribution in [3.63, 3.8) is 0 Å². The highest BCUT2D eigenvalue weighted by Crippen LogP contribution is 2.26. The second-order valence-corrected chi connectivity index (χ2v) is 8.18. The minimum absolute atomic E-state index is 0.0322. The summed E-state index contributed by atoms with van der Waals surface area (Å²) in [6.07, 6.45) is 3.81. The number of morpholine rings is 1. The van der Waals surface area contributed by atoms with Crippen LogP contribution in [0, 0.1) is 0 Å². The fraction of sp³-hybridized carbons (Fsp3) is 0.308. The van der Waals surface area contributed by atoms with Crippen LogP contribution >= 0.6 is 0 Å². The van der Waals surface area contributed by atoms with Crippen molar-refractivity contribution in [3.8, 4) is 0 Å². The number of nitrogens with zero attached hydrogens (tertiary/aromatic N) is 3. The van der Waals surface area contributed by atoms with Crippen molar-refractivity contribution in [3.05, 3.63) is 72.6 Å². The summed E-state index contributed by atoms with van der Waals surface area (Å²) in [5.74, 6) is -0.318. The van der Waals surface area contributed by atoms with Gasteiger partial charge in [0.25, 0.3) is 0 Å². The van der Waals surface area contributed by atoms with E-state index in [1.807, 2.05) is 42.5 Å². The van der Waals surface area contributed by atoms with Gasteiger partial charge in [-0.25, -0.2) is 14.8 Å². The number of nitrogens with one attached hydrogen (secondary N) is 2. The van der Waals surface area contributed by atoms with E-state index in [9.17, 15) is 9.59 Å². The number of hydrogen-bond donors (Lipinski definition) is 2. The molecule has 0 aliphatic carbocycles. The van der Waals surface area contributed by atoms with E-state index in [2.05, 4.69) is 32.4 Å². The van der Waals surface area contributed by atoms with Gasteiger partial charge in [0, 0.05) is 48.9 Å². The second kappa shape index (κ2) is 12.0. The number of carbonyl (C=O) groups excluding carboxylic acids is 2. The molecular formula is C26H29N5O4. The number of ether oxygens (including phenoxy) is 2. The minimum Gasteiger partial charge on any atom is -0.461 e. The van der Waals surface area contributed by atoms with Crippen molar-refractivity contribution in [2.75, 3.05) is 50.1 Å². The summed E-state index contributed by atoms with van der Waals surface area (Å²) >= 11 is 0. The Kier molecular flexibility index (Phi) is 8.37. The zero-order valence-electron chi connectivity index (χ0n) is 19.6. The Morgan fingerprint density at radius 1 is 1.11 bits per heavy atom. The van der Waals surface area contributed by atoms with Gasteiger partial charge in [0.05, 0.1) is 18.7 Å². The van der Waals surface area contributed by atoms with Gasteiger partial charge in [-0.15, -0.1) is 0 Å². The molecule has 1 amide bonds. The van der Waals surface area contributed by atoms with Crippen LogP contribution in [0.15, 0.2) is 67.0 Å². The van der Waals surface area contributed by atoms with Crippen molar-refractivity contribution >= 4 is 34.3 Å². The molecular weight excluding hydrogens is 446 g/mol. The first kappa shape index (κ1) is 24.3. The molecule has 0 radical (unpaired) electrons. The van der Waals surface area contributed by atoms with Crippen LogP contribution in [0.5, 0.6) is 0 Å². The molecule has 2 heterocycles. The van der Waals surface area contributed by atoms with Crippen molar-refractivity contribution < 1.29 is 19.1 Å². The van der Waals surface area contributed by atoms with E-state index >= 15 is 0 Å². The molecule has 1 saturated heterocycles. The second-order valence-electron chi connectivity index (χ2n) is 8.18. The molecule has 0 bridgehead atoms. The molecule has 1 aliphatic heterocycles. The van der Waals surface area contributed by atoms with Crippen molar-refractivity contribution in [1.29, 1.82) is 0 Å². The largest absolute Gasteiger partial charge is 0.461 e. The Hall–Kier alpha value is -3.82. The van der Waals surface area contributed by atoms with Crippen LogP contribution in [0.3, 0.4) is 0 Å². The monoisotopic (exact) mass is 475 g/mol. The third-order valence-electron chi connectivity index (χ3n) is 5.68. The number of amides is 1. The molecule has 0 spiro atoms. The molecule has 9 heteroatoms. The minimum atomic E-state index is -0.554. The standard InChI is InChI=1S/C26H29N5O4/c1-19(20-5-3-2-4-6-20)29-26-22-17-21(7-8-23(22)27-18-28-26)30-24(32)9-10-25(33)35-16-13-31-11-14-34-15-12-31/h2-10,17-19H,11-16H2,1H3,(H,30,32)(H,27,28,29)/b10-9+. The maximum Gasteiger partial charge on any atom is 0.330 e. The van der Waals surface area contributed by atoms with Gasteiger partial charge >= 0.3 is 5.97 Å². The molecule has 4 rings (SSSR count). The molecule has 1 atom stereocenters. The van der Waals surface area contributed by atoms with E-state index in [4.69, 9.17) is 9.47 Å². The lowest BCUT2D eigenvalue weighted by Gasteiger charge is -2.25. The number of aromatic nitrogens is 2. The molecule has 1 fully saturated rings. The number of benzene rings is 2. The van der Waals surface area contributed by atoms with Gasteiger partial charge in [-0.3, -0.25) is 9.69 Å². The summed E-state index contributed by atoms with van der Waals surface area (Å²) in [5.41, 5.74) is 2.45. The first-order chi connectivity index (χ1) is 17.1. The smallest absolute Gasteiger partial charge is 0.330 e. The average molecular weight is 476 g/mol. The predicted octanol–water partition coefficient (Wildman–Crippen LogP) is 3.17. The fourth-order valence-corrected chi connectivity index (χ4v) is 3.76. The topological polar surface area (TPSA) is 106 Å². The van der Waals surface area contributed by atoms with Crippen LogP contribution < -0.4 is 10.6 Å². The highest BCUT2D eigenvalue weighted by Gasteiger charge is 2.12. The van der Waals surface area contributed by atoms with Crippen molar-refractivity contribution in [2.45, 2.75) is 13.0 Å². The maximum atomic E-state index is 12.3. The van der Waals surface area contributed by atoms with Crippen LogP contribution in [0.4, 0.5) is 11.5 Å². The molecule has 3 aromatic rings. The number of carbonyl (C=O) groups is 2. The quantitative estimate of drug-likeness (QED) is 0.359. The number of rotatable bonds is 9. The zero-order valence-corrected chi connectivity index (χ0v) is 19.6. The SMILES string of the molecule is CC(Nc1ncnc2ccc(NC(=O)/C=C/C(=O)OCCN3CCOCC3)cc12)c1ccccc1. The normalized spacial score (nSPS) is 15.1. The van der Waals surface area contributed by atoms with Crippen molar-refractivity contribution in [2.24, 2.45) is 0 Å². The summed E-state index contributed by atoms with van der Waals surface area (Å²) in [4.78, 5) is 35.1. The summed E-state index contributed by atoms with van der Waals surface area (Å²) < 4.78 is 10.5. The van der Waals surface area contributed by atoms with E-state index in [1.165, 1.54) is 12.4 Å². The van der Waals surface area contributed by atoms with Gasteiger partial charge in [0.15, 0.2) is 0 Å². The number of fused-ring (bicyclic) bond motifs is 1. The van der Waals surface area contributed by atoms with Crippen LogP contribution in [0.1, 0.15) is 18.5 Å². The van der Waals surface area contributed by atoms with E-state index in [-0.39, 0.29) is 12.6 Å². The molecule has 0 saturated carbocycles. The summed E-state index contributed by atoms with van der Waals surface area (Å²) in [6.45, 7) is 6.01. The lowest BCUT2D eigenvalue weighted by molar-refractivity contribution is -0.138. The van der Waals surface area contributed by atoms with Gasteiger partial charge in [-0.1, -0.05) is 30.3 Å². The van der Waals surface area contributed by atoms with Gasteiger partial charge in [-0.2, -0.15) is 0 Å². The molecule has 2 N–H and O–H groups in total. The number of anilines is 2. The summed E-state index contributed by atoms with van der Waals surface area (Å²) in [7, 11) is 0. The fourth-order valence-electron chi connectivity index (χ4n) is 3.76. The number of esters is 1. The van der Waals surface area contributed by atoms with E-state index < -0.39 is 11.9 Å². The lowest BCUT2D eigenvalue weighted by Crippen LogP contribution is -2.38. The van der Waals surface area contributed by atoms with E-state index in [0.717, 1.165) is 35.6 Å². The molecule has 1 aromatic heterocycles. The Morgan fingerprint density at radius 3 is 2.71 bits per heavy atom.